The Morgan fingerprint density at radius 2 is 1.84 bits per heavy atom. The van der Waals surface area contributed by atoms with Gasteiger partial charge in [-0.15, -0.1) is 0 Å². The van der Waals surface area contributed by atoms with Crippen LogP contribution >= 0.6 is 23.0 Å². The van der Waals surface area contributed by atoms with Crippen LogP contribution in [-0.2, 0) is 9.49 Å². The van der Waals surface area contributed by atoms with E-state index in [0.717, 1.165) is 29.0 Å². The third-order valence-corrected chi connectivity index (χ3v) is 3.83. The maximum Gasteiger partial charge on any atom is 0.145 e. The fraction of sp³-hybridized carbons (Fsp3) is 0.368. The van der Waals surface area contributed by atoms with Gasteiger partial charge in [0.05, 0.1) is 18.9 Å². The first-order valence-corrected chi connectivity index (χ1v) is 9.07. The van der Waals surface area contributed by atoms with Crippen LogP contribution in [0.5, 0.6) is 17.2 Å². The summed E-state index contributed by atoms with van der Waals surface area (Å²) in [5.41, 5.74) is 8.39. The molecule has 0 aliphatic carbocycles. The van der Waals surface area contributed by atoms with Crippen LogP contribution < -0.4 is 15.2 Å². The molecule has 0 heterocycles. The van der Waals surface area contributed by atoms with Crippen LogP contribution in [0.2, 0.25) is 0 Å². The van der Waals surface area contributed by atoms with Crippen LogP contribution in [0.3, 0.4) is 0 Å². The molecule has 0 fully saturated rings. The SMILES string of the molecule is CCOc1ccc(O)c(CC)c1.Cc1cccc(N)c1OCCOI. The second kappa shape index (κ2) is 11.8. The van der Waals surface area contributed by atoms with Gasteiger partial charge in [0.2, 0.25) is 0 Å². The summed E-state index contributed by atoms with van der Waals surface area (Å²) in [5, 5.41) is 9.35. The quantitative estimate of drug-likeness (QED) is 0.358. The summed E-state index contributed by atoms with van der Waals surface area (Å²) in [6, 6.07) is 11.0. The van der Waals surface area contributed by atoms with Crippen LogP contribution in [0.25, 0.3) is 0 Å². The zero-order valence-corrected chi connectivity index (χ0v) is 17.1. The minimum absolute atomic E-state index is 0.348. The van der Waals surface area contributed by atoms with E-state index in [1.165, 1.54) is 0 Å². The summed E-state index contributed by atoms with van der Waals surface area (Å²) >= 11 is 1.84. The number of hydrogen-bond donors (Lipinski definition) is 2. The van der Waals surface area contributed by atoms with Gasteiger partial charge in [-0.3, -0.25) is 0 Å². The number of ether oxygens (including phenoxy) is 2. The number of hydrogen-bond acceptors (Lipinski definition) is 5. The molecule has 2 aromatic rings. The molecular weight excluding hydrogens is 433 g/mol. The Kier molecular flexibility index (Phi) is 10.1. The highest BCUT2D eigenvalue weighted by molar-refractivity contribution is 14.1. The first-order chi connectivity index (χ1) is 12.0. The van der Waals surface area contributed by atoms with Crippen molar-refractivity contribution in [1.82, 2.24) is 0 Å². The summed E-state index contributed by atoms with van der Waals surface area (Å²) in [7, 11) is 0. The smallest absolute Gasteiger partial charge is 0.145 e. The minimum Gasteiger partial charge on any atom is -0.508 e. The predicted octanol–water partition coefficient (Wildman–Crippen LogP) is 4.68. The molecule has 5 nitrogen and oxygen atoms in total. The highest BCUT2D eigenvalue weighted by Crippen LogP contribution is 2.25. The lowest BCUT2D eigenvalue weighted by Gasteiger charge is -2.10. The topological polar surface area (TPSA) is 73.9 Å². The predicted molar refractivity (Wildman–Crippen MR) is 110 cm³/mol. The second-order valence-electron chi connectivity index (χ2n) is 5.23. The minimum atomic E-state index is 0.348. The molecule has 138 valence electrons. The standard InChI is InChI=1S/C10H14O2.C9H12INO2/c1-3-8-7-9(12-4-2)5-6-10(8)11;1-7-3-2-4-8(11)9(7)12-5-6-13-10/h5-7,11H,3-4H2,1-2H3;2-4H,5-6,11H2,1H3. The molecule has 0 atom stereocenters. The monoisotopic (exact) mass is 459 g/mol. The van der Waals surface area contributed by atoms with E-state index >= 15 is 0 Å². The Labute approximate surface area is 163 Å². The van der Waals surface area contributed by atoms with Crippen LogP contribution in [0, 0.1) is 6.92 Å². The number of phenolic OH excluding ortho intramolecular Hbond substituents is 1. The number of phenols is 1. The number of aromatic hydroxyl groups is 1. The number of anilines is 1. The summed E-state index contributed by atoms with van der Waals surface area (Å²) < 4.78 is 15.6. The van der Waals surface area contributed by atoms with Gasteiger partial charge < -0.3 is 23.4 Å². The molecular formula is C19H26INO4. The third-order valence-electron chi connectivity index (χ3n) is 3.39. The summed E-state index contributed by atoms with van der Waals surface area (Å²) in [5.74, 6) is 1.93. The van der Waals surface area contributed by atoms with Gasteiger partial charge in [-0.05, 0) is 55.7 Å². The van der Waals surface area contributed by atoms with Crippen molar-refractivity contribution in [2.45, 2.75) is 27.2 Å². The highest BCUT2D eigenvalue weighted by Gasteiger charge is 2.02. The maximum atomic E-state index is 9.35. The average Bonchev–Trinajstić information content (AvgIpc) is 2.60. The molecule has 0 bridgehead atoms. The van der Waals surface area contributed by atoms with E-state index in [9.17, 15) is 5.11 Å². The zero-order chi connectivity index (χ0) is 18.7. The summed E-state index contributed by atoms with van der Waals surface area (Å²) in [6.07, 6.45) is 0.826. The van der Waals surface area contributed by atoms with Crippen molar-refractivity contribution in [3.63, 3.8) is 0 Å². The molecule has 0 radical (unpaired) electrons. The van der Waals surface area contributed by atoms with Crippen LogP contribution in [0.15, 0.2) is 36.4 Å². The molecule has 0 aromatic heterocycles. The summed E-state index contributed by atoms with van der Waals surface area (Å²) in [6.45, 7) is 7.67. The van der Waals surface area contributed by atoms with Crippen LogP contribution in [-0.4, -0.2) is 24.9 Å². The van der Waals surface area contributed by atoms with Gasteiger partial charge in [-0.1, -0.05) is 19.1 Å². The maximum absolute atomic E-state index is 9.35. The van der Waals surface area contributed by atoms with E-state index in [1.807, 2.05) is 68.0 Å². The lowest BCUT2D eigenvalue weighted by atomic mass is 10.1. The van der Waals surface area contributed by atoms with E-state index in [4.69, 9.17) is 18.3 Å². The number of nitrogens with two attached hydrogens (primary N) is 1. The molecule has 0 aliphatic rings. The van der Waals surface area contributed by atoms with E-state index < -0.39 is 0 Å². The molecule has 0 aliphatic heterocycles. The molecule has 0 saturated carbocycles. The van der Waals surface area contributed by atoms with Crippen molar-refractivity contribution < 1.29 is 17.6 Å². The van der Waals surface area contributed by atoms with Gasteiger partial charge in [0.1, 0.15) is 46.9 Å². The van der Waals surface area contributed by atoms with E-state index in [2.05, 4.69) is 0 Å². The Morgan fingerprint density at radius 1 is 1.08 bits per heavy atom. The number of aryl methyl sites for hydroxylation is 2. The molecule has 0 amide bonds. The van der Waals surface area contributed by atoms with Crippen molar-refractivity contribution >= 4 is 28.7 Å². The fourth-order valence-electron chi connectivity index (χ4n) is 2.15. The van der Waals surface area contributed by atoms with Gasteiger partial charge in [0.25, 0.3) is 0 Å². The van der Waals surface area contributed by atoms with Gasteiger partial charge >= 0.3 is 0 Å². The normalized spacial score (nSPS) is 9.92. The molecule has 0 saturated heterocycles. The van der Waals surface area contributed by atoms with E-state index in [-0.39, 0.29) is 0 Å². The molecule has 2 aromatic carbocycles. The van der Waals surface area contributed by atoms with E-state index in [0.29, 0.717) is 31.3 Å². The second-order valence-corrected chi connectivity index (χ2v) is 5.85. The lowest BCUT2D eigenvalue weighted by Crippen LogP contribution is -2.05. The number of nitrogen functional groups attached to an aromatic ring is 1. The van der Waals surface area contributed by atoms with Crippen molar-refractivity contribution in [3.05, 3.63) is 47.5 Å². The molecule has 2 rings (SSSR count). The van der Waals surface area contributed by atoms with E-state index in [1.54, 1.807) is 12.1 Å². The van der Waals surface area contributed by atoms with Gasteiger partial charge in [0.15, 0.2) is 0 Å². The fourth-order valence-corrected chi connectivity index (χ4v) is 2.33. The molecule has 0 unspecified atom stereocenters. The third kappa shape index (κ3) is 7.39. The van der Waals surface area contributed by atoms with Crippen molar-refractivity contribution in [1.29, 1.82) is 0 Å². The van der Waals surface area contributed by atoms with Crippen molar-refractivity contribution in [2.24, 2.45) is 0 Å². The first kappa shape index (κ1) is 21.4. The first-order valence-electron chi connectivity index (χ1n) is 8.19. The Bertz CT molecular complexity index is 629. The number of benzene rings is 2. The lowest BCUT2D eigenvalue weighted by molar-refractivity contribution is 0.256. The summed E-state index contributed by atoms with van der Waals surface area (Å²) in [4.78, 5) is 0. The highest BCUT2D eigenvalue weighted by atomic mass is 127. The molecule has 3 N–H and O–H groups in total. The zero-order valence-electron chi connectivity index (χ0n) is 14.9. The molecule has 25 heavy (non-hydrogen) atoms. The van der Waals surface area contributed by atoms with Crippen molar-refractivity contribution in [2.75, 3.05) is 25.6 Å². The van der Waals surface area contributed by atoms with Gasteiger partial charge in [-0.25, -0.2) is 0 Å². The largest absolute Gasteiger partial charge is 0.508 e. The number of rotatable bonds is 7. The Balaban J connectivity index is 0.000000251. The Morgan fingerprint density at radius 3 is 2.44 bits per heavy atom. The number of para-hydroxylation sites is 1. The molecule has 6 heteroatoms. The molecule has 0 spiro atoms. The van der Waals surface area contributed by atoms with Gasteiger partial charge in [-0.2, -0.15) is 0 Å². The Hall–Kier alpha value is -1.67. The van der Waals surface area contributed by atoms with Crippen LogP contribution in [0.1, 0.15) is 25.0 Å². The van der Waals surface area contributed by atoms with Gasteiger partial charge in [0, 0.05) is 0 Å². The average molecular weight is 459 g/mol. The number of halogens is 1. The van der Waals surface area contributed by atoms with Crippen LogP contribution in [0.4, 0.5) is 5.69 Å². The van der Waals surface area contributed by atoms with Crippen molar-refractivity contribution in [3.8, 4) is 17.2 Å².